The van der Waals surface area contributed by atoms with Gasteiger partial charge in [0.05, 0.1) is 23.9 Å². The normalized spacial score (nSPS) is 10.0. The summed E-state index contributed by atoms with van der Waals surface area (Å²) in [5.74, 6) is -2.74. The molecular weight excluding hydrogens is 331 g/mol. The minimum absolute atomic E-state index is 0.0517. The number of nitrogen functional groups attached to an aromatic ring is 1. The fourth-order valence-corrected chi connectivity index (χ4v) is 1.99. The van der Waals surface area contributed by atoms with E-state index >= 15 is 0 Å². The summed E-state index contributed by atoms with van der Waals surface area (Å²) in [7, 11) is 1.22. The maximum absolute atomic E-state index is 13.0. The molecule has 25 heavy (non-hydrogen) atoms. The van der Waals surface area contributed by atoms with Crippen molar-refractivity contribution in [3.8, 4) is 0 Å². The molecule has 0 fully saturated rings. The fourth-order valence-electron chi connectivity index (χ4n) is 1.99. The van der Waals surface area contributed by atoms with Crippen LogP contribution in [0.1, 0.15) is 20.7 Å². The zero-order valence-electron chi connectivity index (χ0n) is 13.2. The molecule has 0 radical (unpaired) electrons. The van der Waals surface area contributed by atoms with Gasteiger partial charge >= 0.3 is 11.9 Å². The minimum atomic E-state index is -0.867. The largest absolute Gasteiger partial charge is 0.465 e. The van der Waals surface area contributed by atoms with Crippen LogP contribution in [0.5, 0.6) is 0 Å². The second-order valence-corrected chi connectivity index (χ2v) is 4.89. The van der Waals surface area contributed by atoms with Crippen molar-refractivity contribution >= 4 is 29.2 Å². The number of nitrogens with two attached hydrogens (primary N) is 1. The molecule has 2 rings (SSSR count). The number of methoxy groups -OCH3 is 1. The Morgan fingerprint density at radius 2 is 1.80 bits per heavy atom. The highest BCUT2D eigenvalue weighted by molar-refractivity contribution is 6.02. The molecule has 0 saturated heterocycles. The summed E-state index contributed by atoms with van der Waals surface area (Å²) in [4.78, 5) is 35.4. The summed E-state index contributed by atoms with van der Waals surface area (Å²) < 4.78 is 22.4. The zero-order chi connectivity index (χ0) is 18.4. The number of ether oxygens (including phenoxy) is 2. The number of halogens is 1. The molecule has 2 aromatic carbocycles. The summed E-state index contributed by atoms with van der Waals surface area (Å²) in [5, 5.41) is 2.45. The predicted molar refractivity (Wildman–Crippen MR) is 87.5 cm³/mol. The maximum atomic E-state index is 13.0. The van der Waals surface area contributed by atoms with Crippen LogP contribution in [0.2, 0.25) is 0 Å². The number of carbonyl (C=O) groups excluding carboxylic acids is 3. The summed E-state index contributed by atoms with van der Waals surface area (Å²) in [6.45, 7) is -0.606. The molecule has 0 atom stereocenters. The van der Waals surface area contributed by atoms with Crippen molar-refractivity contribution in [2.45, 2.75) is 0 Å². The second-order valence-electron chi connectivity index (χ2n) is 4.89. The molecule has 2 aromatic rings. The third kappa shape index (κ3) is 4.54. The van der Waals surface area contributed by atoms with Gasteiger partial charge in [-0.1, -0.05) is 12.1 Å². The first kappa shape index (κ1) is 17.9. The highest BCUT2D eigenvalue weighted by Crippen LogP contribution is 2.17. The SMILES string of the molecule is COC(=O)c1ccccc1NC(=O)COC(=O)c1ccc(F)cc1N. The molecule has 0 heterocycles. The average molecular weight is 346 g/mol. The summed E-state index contributed by atoms with van der Waals surface area (Å²) in [5.41, 5.74) is 5.76. The fraction of sp³-hybridized carbons (Fsp3) is 0.118. The Kier molecular flexibility index (Phi) is 5.67. The van der Waals surface area contributed by atoms with Gasteiger partial charge in [0.1, 0.15) is 5.82 Å². The van der Waals surface area contributed by atoms with Crippen molar-refractivity contribution in [1.29, 1.82) is 0 Å². The summed E-state index contributed by atoms with van der Waals surface area (Å²) in [6.07, 6.45) is 0. The van der Waals surface area contributed by atoms with E-state index in [0.29, 0.717) is 0 Å². The molecule has 130 valence electrons. The number of esters is 2. The van der Waals surface area contributed by atoms with Crippen LogP contribution in [0.15, 0.2) is 42.5 Å². The lowest BCUT2D eigenvalue weighted by Crippen LogP contribution is -2.22. The molecule has 0 aromatic heterocycles. The molecule has 0 bridgehead atoms. The number of benzene rings is 2. The van der Waals surface area contributed by atoms with Crippen molar-refractivity contribution in [1.82, 2.24) is 0 Å². The highest BCUT2D eigenvalue weighted by atomic mass is 19.1. The van der Waals surface area contributed by atoms with Gasteiger partial charge in [-0.15, -0.1) is 0 Å². The lowest BCUT2D eigenvalue weighted by atomic mass is 10.2. The lowest BCUT2D eigenvalue weighted by Gasteiger charge is -2.10. The van der Waals surface area contributed by atoms with Crippen LogP contribution >= 0.6 is 0 Å². The Morgan fingerprint density at radius 1 is 1.08 bits per heavy atom. The predicted octanol–water partition coefficient (Wildman–Crippen LogP) is 1.99. The second kappa shape index (κ2) is 7.91. The molecule has 0 saturated carbocycles. The third-order valence-electron chi connectivity index (χ3n) is 3.17. The van der Waals surface area contributed by atoms with Gasteiger partial charge in [-0.25, -0.2) is 14.0 Å². The molecule has 0 spiro atoms. The quantitative estimate of drug-likeness (QED) is 0.633. The number of rotatable bonds is 5. The van der Waals surface area contributed by atoms with Crippen molar-refractivity contribution in [3.05, 3.63) is 59.4 Å². The maximum Gasteiger partial charge on any atom is 0.340 e. The Hall–Kier alpha value is -3.42. The molecule has 0 aliphatic carbocycles. The Labute approximate surface area is 142 Å². The van der Waals surface area contributed by atoms with E-state index in [2.05, 4.69) is 10.1 Å². The molecule has 0 unspecified atom stereocenters. The van der Waals surface area contributed by atoms with Crippen LogP contribution in [0, 0.1) is 5.82 Å². The summed E-state index contributed by atoms with van der Waals surface area (Å²) >= 11 is 0. The molecule has 1 amide bonds. The third-order valence-corrected chi connectivity index (χ3v) is 3.17. The molecule has 0 aliphatic rings. The molecule has 8 heteroatoms. The number of para-hydroxylation sites is 1. The van der Waals surface area contributed by atoms with E-state index in [4.69, 9.17) is 10.5 Å². The highest BCUT2D eigenvalue weighted by Gasteiger charge is 2.16. The topological polar surface area (TPSA) is 108 Å². The number of hydrogen-bond acceptors (Lipinski definition) is 6. The van der Waals surface area contributed by atoms with E-state index in [1.54, 1.807) is 12.1 Å². The van der Waals surface area contributed by atoms with Crippen LogP contribution in [-0.2, 0) is 14.3 Å². The van der Waals surface area contributed by atoms with Gasteiger partial charge < -0.3 is 20.5 Å². The van der Waals surface area contributed by atoms with E-state index in [9.17, 15) is 18.8 Å². The molecular formula is C17H15FN2O5. The van der Waals surface area contributed by atoms with Crippen LogP contribution in [-0.4, -0.2) is 31.6 Å². The minimum Gasteiger partial charge on any atom is -0.465 e. The number of amides is 1. The number of carbonyl (C=O) groups is 3. The van der Waals surface area contributed by atoms with E-state index in [1.165, 1.54) is 19.2 Å². The van der Waals surface area contributed by atoms with Gasteiger partial charge in [-0.3, -0.25) is 4.79 Å². The lowest BCUT2D eigenvalue weighted by molar-refractivity contribution is -0.119. The number of anilines is 2. The van der Waals surface area contributed by atoms with E-state index < -0.39 is 30.3 Å². The standard InChI is InChI=1S/C17H15FN2O5/c1-24-16(22)12-4-2-3-5-14(12)20-15(21)9-25-17(23)11-7-6-10(18)8-13(11)19/h2-8H,9,19H2,1H3,(H,20,21). The molecule has 3 N–H and O–H groups in total. The van der Waals surface area contributed by atoms with Crippen LogP contribution in [0.4, 0.5) is 15.8 Å². The first-order valence-electron chi connectivity index (χ1n) is 7.11. The van der Waals surface area contributed by atoms with Crippen molar-refractivity contribution in [2.24, 2.45) is 0 Å². The van der Waals surface area contributed by atoms with E-state index in [-0.39, 0.29) is 22.5 Å². The van der Waals surface area contributed by atoms with Crippen LogP contribution < -0.4 is 11.1 Å². The molecule has 0 aliphatic heterocycles. The first-order valence-corrected chi connectivity index (χ1v) is 7.11. The Balaban J connectivity index is 1.99. The monoisotopic (exact) mass is 346 g/mol. The Morgan fingerprint density at radius 3 is 2.48 bits per heavy atom. The number of hydrogen-bond donors (Lipinski definition) is 2. The zero-order valence-corrected chi connectivity index (χ0v) is 13.2. The first-order chi connectivity index (χ1) is 11.9. The van der Waals surface area contributed by atoms with E-state index in [0.717, 1.165) is 18.2 Å². The van der Waals surface area contributed by atoms with Gasteiger partial charge in [0.2, 0.25) is 0 Å². The number of nitrogens with one attached hydrogen (secondary N) is 1. The van der Waals surface area contributed by atoms with E-state index in [1.807, 2.05) is 0 Å². The summed E-state index contributed by atoms with van der Waals surface area (Å²) in [6, 6.07) is 9.41. The van der Waals surface area contributed by atoms with Gasteiger partial charge in [-0.05, 0) is 30.3 Å². The van der Waals surface area contributed by atoms with Gasteiger partial charge in [0.25, 0.3) is 5.91 Å². The van der Waals surface area contributed by atoms with Crippen LogP contribution in [0.3, 0.4) is 0 Å². The van der Waals surface area contributed by atoms with Crippen molar-refractivity contribution in [3.63, 3.8) is 0 Å². The van der Waals surface area contributed by atoms with Crippen molar-refractivity contribution in [2.75, 3.05) is 24.8 Å². The van der Waals surface area contributed by atoms with Crippen molar-refractivity contribution < 1.29 is 28.2 Å². The van der Waals surface area contributed by atoms with Gasteiger partial charge in [0, 0.05) is 5.69 Å². The smallest absolute Gasteiger partial charge is 0.340 e. The van der Waals surface area contributed by atoms with Gasteiger partial charge in [0.15, 0.2) is 6.61 Å². The average Bonchev–Trinajstić information content (AvgIpc) is 2.59. The molecule has 7 nitrogen and oxygen atoms in total. The van der Waals surface area contributed by atoms with Crippen LogP contribution in [0.25, 0.3) is 0 Å². The Bertz CT molecular complexity index is 822. The van der Waals surface area contributed by atoms with Gasteiger partial charge in [-0.2, -0.15) is 0 Å².